The third-order valence-corrected chi connectivity index (χ3v) is 4.02. The number of anilines is 1. The van der Waals surface area contributed by atoms with Crippen LogP contribution < -0.4 is 4.72 Å². The van der Waals surface area contributed by atoms with E-state index in [4.69, 9.17) is 5.11 Å². The van der Waals surface area contributed by atoms with Crippen molar-refractivity contribution in [2.24, 2.45) is 0 Å². The van der Waals surface area contributed by atoms with Gasteiger partial charge in [-0.15, -0.1) is 0 Å². The van der Waals surface area contributed by atoms with Crippen molar-refractivity contribution in [2.75, 3.05) is 4.72 Å². The second kappa shape index (κ2) is 5.56. The van der Waals surface area contributed by atoms with Crippen molar-refractivity contribution >= 4 is 15.8 Å². The molecule has 0 spiro atoms. The highest BCUT2D eigenvalue weighted by molar-refractivity contribution is 7.92. The number of aromatic nitrogens is 1. The Hall–Kier alpha value is -1.99. The highest BCUT2D eigenvalue weighted by atomic mass is 32.2. The van der Waals surface area contributed by atoms with Crippen LogP contribution in [0.3, 0.4) is 0 Å². The minimum absolute atomic E-state index is 0.0635. The molecule has 20 heavy (non-hydrogen) atoms. The average Bonchev–Trinajstić information content (AvgIpc) is 2.42. The van der Waals surface area contributed by atoms with Gasteiger partial charge in [-0.2, -0.15) is 0 Å². The Morgan fingerprint density at radius 2 is 2.10 bits per heavy atom. The van der Waals surface area contributed by atoms with Crippen LogP contribution in [0.1, 0.15) is 11.1 Å². The molecule has 0 fully saturated rings. The first-order valence-electron chi connectivity index (χ1n) is 5.78. The predicted octanol–water partition coefficient (Wildman–Crippen LogP) is 1.82. The van der Waals surface area contributed by atoms with Gasteiger partial charge in [0.25, 0.3) is 10.0 Å². The number of aliphatic hydroxyl groups is 1. The molecule has 2 rings (SSSR count). The summed E-state index contributed by atoms with van der Waals surface area (Å²) in [4.78, 5) is 3.74. The summed E-state index contributed by atoms with van der Waals surface area (Å²) in [6.07, 6.45) is 1.45. The summed E-state index contributed by atoms with van der Waals surface area (Å²) in [5.41, 5.74) is 0.0874. The maximum absolute atomic E-state index is 13.6. The van der Waals surface area contributed by atoms with Crippen LogP contribution in [0.15, 0.2) is 41.4 Å². The van der Waals surface area contributed by atoms with Crippen LogP contribution in [0.25, 0.3) is 0 Å². The summed E-state index contributed by atoms with van der Waals surface area (Å²) in [5, 5.41) is 9.06. The Bertz CT molecular complexity index is 718. The average molecular weight is 296 g/mol. The first-order chi connectivity index (χ1) is 9.44. The highest BCUT2D eigenvalue weighted by Crippen LogP contribution is 2.21. The minimum atomic E-state index is -3.88. The van der Waals surface area contributed by atoms with Crippen molar-refractivity contribution in [1.29, 1.82) is 0 Å². The van der Waals surface area contributed by atoms with Crippen molar-refractivity contribution in [3.63, 3.8) is 0 Å². The minimum Gasteiger partial charge on any atom is -0.392 e. The second-order valence-electron chi connectivity index (χ2n) is 4.19. The lowest BCUT2D eigenvalue weighted by Crippen LogP contribution is -2.15. The van der Waals surface area contributed by atoms with Crippen LogP contribution in [0.2, 0.25) is 0 Å². The standard InChI is InChI=1S/C13H13FN2O3S/c1-9-6-11(7-10(8-17)13(9)14)20(18,19)16-12-4-2-3-5-15-12/h2-7,17H,8H2,1H3,(H,15,16). The molecule has 0 bridgehead atoms. The van der Waals surface area contributed by atoms with Crippen molar-refractivity contribution < 1.29 is 17.9 Å². The Morgan fingerprint density at radius 1 is 1.35 bits per heavy atom. The molecule has 0 saturated carbocycles. The smallest absolute Gasteiger partial charge is 0.263 e. The van der Waals surface area contributed by atoms with E-state index in [9.17, 15) is 12.8 Å². The summed E-state index contributed by atoms with van der Waals surface area (Å²) < 4.78 is 40.3. The maximum Gasteiger partial charge on any atom is 0.263 e. The van der Waals surface area contributed by atoms with Crippen molar-refractivity contribution in [3.05, 3.63) is 53.5 Å². The topological polar surface area (TPSA) is 79.3 Å². The Balaban J connectivity index is 2.42. The maximum atomic E-state index is 13.6. The van der Waals surface area contributed by atoms with Crippen molar-refractivity contribution in [1.82, 2.24) is 4.98 Å². The number of halogens is 1. The van der Waals surface area contributed by atoms with Crippen LogP contribution in [0, 0.1) is 12.7 Å². The van der Waals surface area contributed by atoms with E-state index >= 15 is 0 Å². The van der Waals surface area contributed by atoms with Gasteiger partial charge in [-0.1, -0.05) is 6.07 Å². The Labute approximate surface area is 116 Å². The fourth-order valence-corrected chi connectivity index (χ4v) is 2.84. The number of pyridine rings is 1. The number of rotatable bonds is 4. The zero-order valence-corrected chi connectivity index (χ0v) is 11.5. The quantitative estimate of drug-likeness (QED) is 0.902. The van der Waals surface area contributed by atoms with E-state index in [0.29, 0.717) is 0 Å². The molecule has 5 nitrogen and oxygen atoms in total. The molecular formula is C13H13FN2O3S. The van der Waals surface area contributed by atoms with Gasteiger partial charge in [0, 0.05) is 11.8 Å². The lowest BCUT2D eigenvalue weighted by Gasteiger charge is -2.10. The van der Waals surface area contributed by atoms with Crippen LogP contribution in [-0.4, -0.2) is 18.5 Å². The molecule has 0 unspecified atom stereocenters. The van der Waals surface area contributed by atoms with Gasteiger partial charge in [-0.05, 0) is 36.8 Å². The number of sulfonamides is 1. The molecule has 7 heteroatoms. The summed E-state index contributed by atoms with van der Waals surface area (Å²) in [6.45, 7) is 0.869. The van der Waals surface area contributed by atoms with Gasteiger partial charge in [0.05, 0.1) is 11.5 Å². The van der Waals surface area contributed by atoms with E-state index in [-0.39, 0.29) is 21.8 Å². The van der Waals surface area contributed by atoms with Gasteiger partial charge in [0.1, 0.15) is 11.6 Å². The third-order valence-electron chi connectivity index (χ3n) is 2.69. The van der Waals surface area contributed by atoms with Gasteiger partial charge in [-0.3, -0.25) is 4.72 Å². The summed E-state index contributed by atoms with van der Waals surface area (Å²) in [5.74, 6) is -0.440. The summed E-state index contributed by atoms with van der Waals surface area (Å²) in [7, 11) is -3.88. The Kier molecular flexibility index (Phi) is 4.01. The summed E-state index contributed by atoms with van der Waals surface area (Å²) >= 11 is 0. The molecule has 2 aromatic rings. The predicted molar refractivity (Wildman–Crippen MR) is 72.1 cm³/mol. The van der Waals surface area contributed by atoms with Crippen LogP contribution in [-0.2, 0) is 16.6 Å². The first kappa shape index (κ1) is 14.4. The zero-order chi connectivity index (χ0) is 14.8. The van der Waals surface area contributed by atoms with E-state index in [1.54, 1.807) is 12.1 Å². The number of aliphatic hydroxyl groups excluding tert-OH is 1. The monoisotopic (exact) mass is 296 g/mol. The second-order valence-corrected chi connectivity index (χ2v) is 5.87. The van der Waals surface area contributed by atoms with E-state index in [1.807, 2.05) is 0 Å². The normalized spacial score (nSPS) is 11.3. The van der Waals surface area contributed by atoms with Gasteiger partial charge >= 0.3 is 0 Å². The van der Waals surface area contributed by atoms with E-state index in [2.05, 4.69) is 9.71 Å². The van der Waals surface area contributed by atoms with Gasteiger partial charge in [-0.25, -0.2) is 17.8 Å². The lowest BCUT2D eigenvalue weighted by molar-refractivity contribution is 0.275. The van der Waals surface area contributed by atoms with Gasteiger partial charge < -0.3 is 5.11 Å². The number of benzene rings is 1. The molecule has 0 aliphatic heterocycles. The molecule has 1 aromatic carbocycles. The van der Waals surface area contributed by atoms with E-state index in [1.165, 1.54) is 25.3 Å². The van der Waals surface area contributed by atoms with Crippen LogP contribution >= 0.6 is 0 Å². The molecule has 0 radical (unpaired) electrons. The number of hydrogen-bond acceptors (Lipinski definition) is 4. The fraction of sp³-hybridized carbons (Fsp3) is 0.154. The molecule has 0 amide bonds. The number of nitrogens with one attached hydrogen (secondary N) is 1. The van der Waals surface area contributed by atoms with Crippen LogP contribution in [0.4, 0.5) is 10.2 Å². The molecule has 1 aromatic heterocycles. The van der Waals surface area contributed by atoms with Gasteiger partial charge in [0.15, 0.2) is 0 Å². The summed E-state index contributed by atoms with van der Waals surface area (Å²) in [6, 6.07) is 7.11. The van der Waals surface area contributed by atoms with Gasteiger partial charge in [0.2, 0.25) is 0 Å². The molecule has 0 saturated heterocycles. The molecule has 2 N–H and O–H groups in total. The molecule has 0 aliphatic carbocycles. The van der Waals surface area contributed by atoms with Crippen LogP contribution in [0.5, 0.6) is 0 Å². The molecule has 106 valence electrons. The molecular weight excluding hydrogens is 283 g/mol. The Morgan fingerprint density at radius 3 is 2.70 bits per heavy atom. The molecule has 0 atom stereocenters. The van der Waals surface area contributed by atoms with E-state index < -0.39 is 22.4 Å². The third kappa shape index (κ3) is 2.94. The van der Waals surface area contributed by atoms with E-state index in [0.717, 1.165) is 6.07 Å². The largest absolute Gasteiger partial charge is 0.392 e. The fourth-order valence-electron chi connectivity index (χ4n) is 1.70. The number of aryl methyl sites for hydroxylation is 1. The SMILES string of the molecule is Cc1cc(S(=O)(=O)Nc2ccccn2)cc(CO)c1F. The highest BCUT2D eigenvalue weighted by Gasteiger charge is 2.18. The number of nitrogens with zero attached hydrogens (tertiary/aromatic N) is 1. The zero-order valence-electron chi connectivity index (χ0n) is 10.7. The number of hydrogen-bond donors (Lipinski definition) is 2. The van der Waals surface area contributed by atoms with Crippen molar-refractivity contribution in [3.8, 4) is 0 Å². The first-order valence-corrected chi connectivity index (χ1v) is 7.26. The molecule has 1 heterocycles. The molecule has 0 aliphatic rings. The van der Waals surface area contributed by atoms with Crippen molar-refractivity contribution in [2.45, 2.75) is 18.4 Å². The lowest BCUT2D eigenvalue weighted by atomic mass is 10.1.